The first-order valence-electron chi connectivity index (χ1n) is 11.8. The predicted molar refractivity (Wildman–Crippen MR) is 142 cm³/mol. The molecule has 0 aliphatic carbocycles. The zero-order valence-electron chi connectivity index (χ0n) is 20.1. The maximum atomic E-state index is 4.57. The van der Waals surface area contributed by atoms with Crippen LogP contribution in [-0.4, -0.2) is 29.5 Å². The van der Waals surface area contributed by atoms with Gasteiger partial charge in [-0.15, -0.1) is 0 Å². The summed E-state index contributed by atoms with van der Waals surface area (Å²) < 4.78 is 3.69. The molecule has 0 radical (unpaired) electrons. The van der Waals surface area contributed by atoms with Gasteiger partial charge in [-0.05, 0) is 48.2 Å². The summed E-state index contributed by atoms with van der Waals surface area (Å²) in [6.07, 6.45) is 3.53. The van der Waals surface area contributed by atoms with E-state index in [1.807, 2.05) is 35.3 Å². The van der Waals surface area contributed by atoms with E-state index in [1.54, 1.807) is 12.7 Å². The molecule has 0 saturated carbocycles. The Kier molecular flexibility index (Phi) is 5.46. The quantitative estimate of drug-likeness (QED) is 0.291. The van der Waals surface area contributed by atoms with Gasteiger partial charge in [0.15, 0.2) is 0 Å². The van der Waals surface area contributed by atoms with E-state index in [0.717, 1.165) is 56.4 Å². The predicted octanol–water partition coefficient (Wildman–Crippen LogP) is 6.47. The van der Waals surface area contributed by atoms with Crippen LogP contribution in [0.2, 0.25) is 0 Å². The fourth-order valence-corrected chi connectivity index (χ4v) is 4.63. The van der Waals surface area contributed by atoms with Crippen molar-refractivity contribution in [3.05, 3.63) is 121 Å². The van der Waals surface area contributed by atoms with Crippen LogP contribution in [0, 0.1) is 13.8 Å². The summed E-state index contributed by atoms with van der Waals surface area (Å²) in [6, 6.07) is 33.7. The van der Waals surface area contributed by atoms with E-state index >= 15 is 0 Å². The first-order chi connectivity index (χ1) is 17.7. The SMILES string of the molecule is Cc1ncn(-c2ccccc2-c2ccccc2-c2ccccc2-c2ccccc2-n2cnc(C)n2)n1. The summed E-state index contributed by atoms with van der Waals surface area (Å²) in [7, 11) is 0. The second-order valence-electron chi connectivity index (χ2n) is 8.60. The Hall–Kier alpha value is -4.84. The van der Waals surface area contributed by atoms with E-state index in [9.17, 15) is 0 Å². The second-order valence-corrected chi connectivity index (χ2v) is 8.60. The zero-order chi connectivity index (χ0) is 24.5. The van der Waals surface area contributed by atoms with E-state index in [-0.39, 0.29) is 0 Å². The molecule has 0 N–H and O–H groups in total. The smallest absolute Gasteiger partial charge is 0.147 e. The zero-order valence-corrected chi connectivity index (χ0v) is 20.1. The third-order valence-electron chi connectivity index (χ3n) is 6.24. The Morgan fingerprint density at radius 2 is 0.722 bits per heavy atom. The molecule has 6 nitrogen and oxygen atoms in total. The number of para-hydroxylation sites is 2. The van der Waals surface area contributed by atoms with E-state index < -0.39 is 0 Å². The lowest BCUT2D eigenvalue weighted by Crippen LogP contribution is -2.00. The Morgan fingerprint density at radius 1 is 0.417 bits per heavy atom. The Labute approximate surface area is 209 Å². The summed E-state index contributed by atoms with van der Waals surface area (Å²) in [5.74, 6) is 1.48. The fraction of sp³-hybridized carbons (Fsp3) is 0.0667. The van der Waals surface area contributed by atoms with Gasteiger partial charge in [-0.2, -0.15) is 10.2 Å². The number of nitrogens with zero attached hydrogens (tertiary/aromatic N) is 6. The Bertz CT molecular complexity index is 1550. The molecule has 6 aromatic rings. The van der Waals surface area contributed by atoms with Crippen LogP contribution < -0.4 is 0 Å². The Balaban J connectivity index is 1.56. The minimum Gasteiger partial charge on any atom is -0.220 e. The first kappa shape index (κ1) is 21.7. The molecular formula is C30H24N6. The largest absolute Gasteiger partial charge is 0.220 e. The average molecular weight is 469 g/mol. The molecule has 2 heterocycles. The lowest BCUT2D eigenvalue weighted by Gasteiger charge is -2.18. The lowest BCUT2D eigenvalue weighted by atomic mass is 9.88. The van der Waals surface area contributed by atoms with Crippen LogP contribution in [-0.2, 0) is 0 Å². The van der Waals surface area contributed by atoms with Gasteiger partial charge in [-0.25, -0.2) is 19.3 Å². The molecule has 0 aliphatic rings. The summed E-state index contributed by atoms with van der Waals surface area (Å²) in [4.78, 5) is 8.68. The van der Waals surface area contributed by atoms with Crippen molar-refractivity contribution in [3.63, 3.8) is 0 Å². The van der Waals surface area contributed by atoms with E-state index in [1.165, 1.54) is 0 Å². The Morgan fingerprint density at radius 3 is 1.06 bits per heavy atom. The monoisotopic (exact) mass is 468 g/mol. The molecule has 0 fully saturated rings. The van der Waals surface area contributed by atoms with Crippen molar-refractivity contribution < 1.29 is 0 Å². The molecular weight excluding hydrogens is 444 g/mol. The molecule has 6 heteroatoms. The van der Waals surface area contributed by atoms with Crippen molar-refractivity contribution >= 4 is 0 Å². The van der Waals surface area contributed by atoms with Crippen molar-refractivity contribution in [2.24, 2.45) is 0 Å². The van der Waals surface area contributed by atoms with E-state index in [0.29, 0.717) is 0 Å². The molecule has 36 heavy (non-hydrogen) atoms. The normalized spacial score (nSPS) is 11.1. The molecule has 0 atom stereocenters. The van der Waals surface area contributed by atoms with Crippen molar-refractivity contribution in [3.8, 4) is 44.8 Å². The molecule has 174 valence electrons. The van der Waals surface area contributed by atoms with Gasteiger partial charge in [0.2, 0.25) is 0 Å². The topological polar surface area (TPSA) is 61.4 Å². The van der Waals surface area contributed by atoms with Crippen LogP contribution >= 0.6 is 0 Å². The van der Waals surface area contributed by atoms with Crippen LogP contribution in [0.15, 0.2) is 110 Å². The van der Waals surface area contributed by atoms with Crippen molar-refractivity contribution in [1.82, 2.24) is 29.5 Å². The molecule has 6 rings (SSSR count). The number of benzene rings is 4. The van der Waals surface area contributed by atoms with Crippen LogP contribution in [0.3, 0.4) is 0 Å². The van der Waals surface area contributed by atoms with Crippen LogP contribution in [0.25, 0.3) is 44.8 Å². The molecule has 0 unspecified atom stereocenters. The van der Waals surface area contributed by atoms with Crippen LogP contribution in [0.4, 0.5) is 0 Å². The number of aryl methyl sites for hydroxylation is 2. The standard InChI is InChI=1S/C30H24N6/c1-21-31-19-35(33-21)29-17-9-7-15-27(29)25-13-5-3-11-23(25)24-12-4-6-14-26(24)28-16-8-10-18-30(28)36-20-32-22(2)34-36/h3-20H,1-2H3. The number of rotatable bonds is 5. The summed E-state index contributed by atoms with van der Waals surface area (Å²) in [5, 5.41) is 9.14. The average Bonchev–Trinajstić information content (AvgIpc) is 3.57. The van der Waals surface area contributed by atoms with Crippen LogP contribution in [0.1, 0.15) is 11.6 Å². The van der Waals surface area contributed by atoms with Gasteiger partial charge in [0, 0.05) is 11.1 Å². The van der Waals surface area contributed by atoms with Crippen molar-refractivity contribution in [2.75, 3.05) is 0 Å². The van der Waals surface area contributed by atoms with Crippen molar-refractivity contribution in [2.45, 2.75) is 13.8 Å². The van der Waals surface area contributed by atoms with Gasteiger partial charge in [-0.3, -0.25) is 0 Å². The summed E-state index contributed by atoms with van der Waals surface area (Å²) in [6.45, 7) is 3.80. The number of hydrogen-bond acceptors (Lipinski definition) is 4. The van der Waals surface area contributed by atoms with Gasteiger partial charge < -0.3 is 0 Å². The number of aromatic nitrogens is 6. The minimum absolute atomic E-state index is 0.739. The summed E-state index contributed by atoms with van der Waals surface area (Å²) >= 11 is 0. The maximum Gasteiger partial charge on any atom is 0.147 e. The molecule has 0 bridgehead atoms. The first-order valence-corrected chi connectivity index (χ1v) is 11.8. The van der Waals surface area contributed by atoms with Crippen LogP contribution in [0.5, 0.6) is 0 Å². The minimum atomic E-state index is 0.739. The van der Waals surface area contributed by atoms with Gasteiger partial charge in [0.1, 0.15) is 24.3 Å². The molecule has 0 amide bonds. The van der Waals surface area contributed by atoms with Gasteiger partial charge >= 0.3 is 0 Å². The second kappa shape index (κ2) is 9.07. The lowest BCUT2D eigenvalue weighted by molar-refractivity contribution is 0.864. The highest BCUT2D eigenvalue weighted by molar-refractivity contribution is 5.94. The molecule has 0 saturated heterocycles. The van der Waals surface area contributed by atoms with Gasteiger partial charge in [0.25, 0.3) is 0 Å². The third kappa shape index (κ3) is 3.88. The number of hydrogen-bond donors (Lipinski definition) is 0. The molecule has 0 aliphatic heterocycles. The fourth-order valence-electron chi connectivity index (χ4n) is 4.63. The van der Waals surface area contributed by atoms with Crippen molar-refractivity contribution in [1.29, 1.82) is 0 Å². The van der Waals surface area contributed by atoms with E-state index in [2.05, 4.69) is 105 Å². The molecule has 4 aromatic carbocycles. The highest BCUT2D eigenvalue weighted by atomic mass is 15.3. The highest BCUT2D eigenvalue weighted by Gasteiger charge is 2.17. The maximum absolute atomic E-state index is 4.57. The highest BCUT2D eigenvalue weighted by Crippen LogP contribution is 2.41. The van der Waals surface area contributed by atoms with E-state index in [4.69, 9.17) is 0 Å². The van der Waals surface area contributed by atoms with Gasteiger partial charge in [-0.1, -0.05) is 84.9 Å². The molecule has 0 spiro atoms. The molecule has 2 aromatic heterocycles. The third-order valence-corrected chi connectivity index (χ3v) is 6.24. The summed E-state index contributed by atoms with van der Waals surface area (Å²) in [5.41, 5.74) is 8.69. The van der Waals surface area contributed by atoms with Gasteiger partial charge in [0.05, 0.1) is 11.4 Å².